The number of methoxy groups -OCH3 is 1. The van der Waals surface area contributed by atoms with Crippen molar-refractivity contribution in [3.05, 3.63) is 29.3 Å². The molecule has 0 spiro atoms. The first-order valence-corrected chi connectivity index (χ1v) is 8.25. The molecule has 2 aliphatic rings. The Hall–Kier alpha value is -1.10. The molecule has 1 saturated carbocycles. The molecule has 0 saturated heterocycles. The number of ether oxygens (including phenoxy) is 1. The van der Waals surface area contributed by atoms with Crippen LogP contribution in [0.15, 0.2) is 18.2 Å². The van der Waals surface area contributed by atoms with Crippen LogP contribution in [0.3, 0.4) is 0 Å². The number of hydrogen-bond donors (Lipinski definition) is 3. The smallest absolute Gasteiger partial charge is 0.122 e. The molecule has 0 amide bonds. The van der Waals surface area contributed by atoms with E-state index in [1.807, 2.05) is 12.1 Å². The zero-order valence-electron chi connectivity index (χ0n) is 13.1. The number of hydrogen-bond acceptors (Lipinski definition) is 4. The molecule has 2 aliphatic carbocycles. The first-order chi connectivity index (χ1) is 10.6. The molecule has 4 heteroatoms. The highest BCUT2D eigenvalue weighted by Crippen LogP contribution is 2.48. The molecule has 3 rings (SSSR count). The number of aliphatic hydroxyl groups is 3. The van der Waals surface area contributed by atoms with Crippen molar-refractivity contribution in [2.75, 3.05) is 13.7 Å². The molecule has 4 nitrogen and oxygen atoms in total. The largest absolute Gasteiger partial charge is 0.496 e. The minimum absolute atomic E-state index is 0.197. The van der Waals surface area contributed by atoms with E-state index >= 15 is 0 Å². The van der Waals surface area contributed by atoms with Crippen LogP contribution >= 0.6 is 0 Å². The normalized spacial score (nSPS) is 31.5. The molecule has 122 valence electrons. The average Bonchev–Trinajstić information content (AvgIpc) is 2.84. The van der Waals surface area contributed by atoms with Gasteiger partial charge in [-0.15, -0.1) is 0 Å². The Balaban J connectivity index is 1.76. The summed E-state index contributed by atoms with van der Waals surface area (Å²) in [5.41, 5.74) is 2.64. The molecular formula is C18H26O4. The van der Waals surface area contributed by atoms with E-state index in [1.165, 1.54) is 11.1 Å². The van der Waals surface area contributed by atoms with E-state index < -0.39 is 6.10 Å². The van der Waals surface area contributed by atoms with Crippen molar-refractivity contribution in [2.24, 2.45) is 17.8 Å². The van der Waals surface area contributed by atoms with Crippen molar-refractivity contribution in [1.29, 1.82) is 0 Å². The zero-order valence-corrected chi connectivity index (χ0v) is 13.1. The minimum atomic E-state index is -0.665. The summed E-state index contributed by atoms with van der Waals surface area (Å²) in [6.07, 6.45) is 3.18. The molecule has 22 heavy (non-hydrogen) atoms. The standard InChI is InChI=1S/C18H26O4/c1-22-18-4-2-3-11-7-15-12(8-16(11)18)9-17(21)14(15)6-5-13(20)10-19/h2-4,12-15,17,19-21H,5-10H2,1H3/t12-,13+,14+,15-,17+/m0/s1. The van der Waals surface area contributed by atoms with Crippen molar-refractivity contribution in [1.82, 2.24) is 0 Å². The van der Waals surface area contributed by atoms with Crippen LogP contribution in [0, 0.1) is 17.8 Å². The van der Waals surface area contributed by atoms with E-state index in [4.69, 9.17) is 9.84 Å². The predicted molar refractivity (Wildman–Crippen MR) is 83.8 cm³/mol. The fourth-order valence-electron chi connectivity index (χ4n) is 4.47. The van der Waals surface area contributed by atoms with Crippen LogP contribution in [0.2, 0.25) is 0 Å². The van der Waals surface area contributed by atoms with Crippen LogP contribution in [0.5, 0.6) is 5.75 Å². The summed E-state index contributed by atoms with van der Waals surface area (Å²) >= 11 is 0. The van der Waals surface area contributed by atoms with Gasteiger partial charge in [-0.3, -0.25) is 0 Å². The van der Waals surface area contributed by atoms with Gasteiger partial charge in [0, 0.05) is 0 Å². The molecule has 0 bridgehead atoms. The van der Waals surface area contributed by atoms with Crippen LogP contribution in [0.25, 0.3) is 0 Å². The topological polar surface area (TPSA) is 69.9 Å². The van der Waals surface area contributed by atoms with Gasteiger partial charge in [-0.2, -0.15) is 0 Å². The first-order valence-electron chi connectivity index (χ1n) is 8.25. The first kappa shape index (κ1) is 15.8. The molecule has 0 unspecified atom stereocenters. The molecule has 0 radical (unpaired) electrons. The van der Waals surface area contributed by atoms with Gasteiger partial charge in [-0.1, -0.05) is 12.1 Å². The summed E-state index contributed by atoms with van der Waals surface area (Å²) in [6.45, 7) is -0.197. The monoisotopic (exact) mass is 306 g/mol. The molecule has 0 aromatic heterocycles. The Kier molecular flexibility index (Phi) is 4.71. The van der Waals surface area contributed by atoms with Gasteiger partial charge in [0.2, 0.25) is 0 Å². The highest BCUT2D eigenvalue weighted by atomic mass is 16.5. The molecule has 1 fully saturated rings. The van der Waals surface area contributed by atoms with Crippen LogP contribution in [0.1, 0.15) is 30.4 Å². The Bertz CT molecular complexity index is 516. The van der Waals surface area contributed by atoms with Crippen LogP contribution < -0.4 is 4.74 Å². The van der Waals surface area contributed by atoms with E-state index in [0.29, 0.717) is 18.3 Å². The van der Waals surface area contributed by atoms with Crippen LogP contribution in [-0.2, 0) is 12.8 Å². The fourth-order valence-corrected chi connectivity index (χ4v) is 4.47. The third-order valence-electron chi connectivity index (χ3n) is 5.61. The summed E-state index contributed by atoms with van der Waals surface area (Å²) in [6, 6.07) is 6.21. The Morgan fingerprint density at radius 2 is 2.14 bits per heavy atom. The van der Waals surface area contributed by atoms with E-state index in [-0.39, 0.29) is 18.6 Å². The van der Waals surface area contributed by atoms with Gasteiger partial charge in [0.1, 0.15) is 5.75 Å². The average molecular weight is 306 g/mol. The Morgan fingerprint density at radius 1 is 1.32 bits per heavy atom. The molecular weight excluding hydrogens is 280 g/mol. The Labute approximate surface area is 131 Å². The second kappa shape index (κ2) is 6.57. The zero-order chi connectivity index (χ0) is 15.7. The maximum atomic E-state index is 10.4. The molecule has 1 aromatic rings. The molecule has 0 aliphatic heterocycles. The SMILES string of the molecule is COc1cccc2c1C[C@H]1C[C@@H](O)[C@H](CC[C@@H](O)CO)[C@H]1C2. The lowest BCUT2D eigenvalue weighted by Crippen LogP contribution is -2.28. The van der Waals surface area contributed by atoms with Crippen molar-refractivity contribution in [3.63, 3.8) is 0 Å². The summed E-state index contributed by atoms with van der Waals surface area (Å²) in [5, 5.41) is 29.0. The lowest BCUT2D eigenvalue weighted by atomic mass is 9.73. The van der Waals surface area contributed by atoms with Gasteiger partial charge in [-0.25, -0.2) is 0 Å². The number of fused-ring (bicyclic) bond motifs is 2. The van der Waals surface area contributed by atoms with Gasteiger partial charge in [0.15, 0.2) is 0 Å². The summed E-state index contributed by atoms with van der Waals surface area (Å²) < 4.78 is 5.48. The van der Waals surface area contributed by atoms with Crippen molar-refractivity contribution < 1.29 is 20.1 Å². The Morgan fingerprint density at radius 3 is 2.86 bits per heavy atom. The molecule has 5 atom stereocenters. The third kappa shape index (κ3) is 2.87. The lowest BCUT2D eigenvalue weighted by molar-refractivity contribution is 0.0618. The predicted octanol–water partition coefficient (Wildman–Crippen LogP) is 1.54. The van der Waals surface area contributed by atoms with Crippen molar-refractivity contribution >= 4 is 0 Å². The number of aliphatic hydroxyl groups excluding tert-OH is 3. The van der Waals surface area contributed by atoms with Crippen molar-refractivity contribution in [3.8, 4) is 5.75 Å². The van der Waals surface area contributed by atoms with Gasteiger partial charge in [-0.05, 0) is 67.1 Å². The number of rotatable bonds is 5. The molecule has 1 aromatic carbocycles. The second-order valence-electron chi connectivity index (χ2n) is 6.81. The van der Waals surface area contributed by atoms with E-state index in [2.05, 4.69) is 6.07 Å². The summed E-state index contributed by atoms with van der Waals surface area (Å²) in [7, 11) is 1.71. The quantitative estimate of drug-likeness (QED) is 0.772. The van der Waals surface area contributed by atoms with Crippen LogP contribution in [-0.4, -0.2) is 41.2 Å². The fraction of sp³-hybridized carbons (Fsp3) is 0.667. The highest BCUT2D eigenvalue weighted by molar-refractivity contribution is 5.43. The van der Waals surface area contributed by atoms with E-state index in [0.717, 1.165) is 31.4 Å². The lowest BCUT2D eigenvalue weighted by Gasteiger charge is -2.32. The maximum Gasteiger partial charge on any atom is 0.122 e. The summed E-state index contributed by atoms with van der Waals surface area (Å²) in [4.78, 5) is 0. The van der Waals surface area contributed by atoms with Gasteiger partial charge in [0.25, 0.3) is 0 Å². The molecule has 3 N–H and O–H groups in total. The maximum absolute atomic E-state index is 10.4. The van der Waals surface area contributed by atoms with Crippen LogP contribution in [0.4, 0.5) is 0 Å². The summed E-state index contributed by atoms with van der Waals surface area (Å²) in [5.74, 6) is 2.16. The van der Waals surface area contributed by atoms with E-state index in [1.54, 1.807) is 7.11 Å². The highest BCUT2D eigenvalue weighted by Gasteiger charge is 2.44. The van der Waals surface area contributed by atoms with Gasteiger partial charge in [0.05, 0.1) is 25.9 Å². The van der Waals surface area contributed by atoms with Gasteiger partial charge >= 0.3 is 0 Å². The minimum Gasteiger partial charge on any atom is -0.496 e. The van der Waals surface area contributed by atoms with Gasteiger partial charge < -0.3 is 20.1 Å². The number of benzene rings is 1. The van der Waals surface area contributed by atoms with E-state index in [9.17, 15) is 10.2 Å². The second-order valence-corrected chi connectivity index (χ2v) is 6.81. The molecule has 0 heterocycles. The third-order valence-corrected chi connectivity index (χ3v) is 5.61. The van der Waals surface area contributed by atoms with Crippen molar-refractivity contribution in [2.45, 2.75) is 44.3 Å².